The number of carbonyl (C=O) groups excluding carboxylic acids is 2. The lowest BCUT2D eigenvalue weighted by molar-refractivity contribution is -0.117. The molecule has 0 bridgehead atoms. The van der Waals surface area contributed by atoms with E-state index in [1.165, 1.54) is 11.8 Å². The highest BCUT2D eigenvalue weighted by Gasteiger charge is 2.39. The van der Waals surface area contributed by atoms with Crippen LogP contribution in [0.5, 0.6) is 0 Å². The van der Waals surface area contributed by atoms with Gasteiger partial charge in [-0.1, -0.05) is 11.8 Å². The van der Waals surface area contributed by atoms with Crippen LogP contribution >= 0.6 is 11.8 Å². The minimum Gasteiger partial charge on any atom is -0.393 e. The smallest absolute Gasteiger partial charge is 0.251 e. The topological polar surface area (TPSA) is 135 Å². The number of thioether (sulfide) groups is 1. The lowest BCUT2D eigenvalue weighted by Gasteiger charge is -2.31. The SMILES string of the molecule is CNC(=O)c1cc(N2CCC(O)CC2)nc2c1C(N)C(C(N)=O)S2. The van der Waals surface area contributed by atoms with Crippen LogP contribution in [0.25, 0.3) is 0 Å². The Morgan fingerprint density at radius 2 is 2.08 bits per heavy atom. The molecule has 0 radical (unpaired) electrons. The van der Waals surface area contributed by atoms with Crippen molar-refractivity contribution in [3.63, 3.8) is 0 Å². The van der Waals surface area contributed by atoms with Crippen molar-refractivity contribution in [3.05, 3.63) is 17.2 Å². The second kappa shape index (κ2) is 6.58. The standard InChI is InChI=1S/C15H21N5O3S/c1-18-14(23)8-6-9(20-4-2-7(21)3-5-20)19-15-10(8)11(16)12(24-15)13(17)22/h6-7,11-12,21H,2-5,16H2,1H3,(H2,17,22)(H,18,23). The average molecular weight is 351 g/mol. The number of nitrogens with one attached hydrogen (secondary N) is 1. The summed E-state index contributed by atoms with van der Waals surface area (Å²) in [5, 5.41) is 12.2. The van der Waals surface area contributed by atoms with Crippen LogP contribution in [-0.2, 0) is 4.79 Å². The number of amides is 2. The second-order valence-electron chi connectivity index (χ2n) is 6.01. The summed E-state index contributed by atoms with van der Waals surface area (Å²) < 4.78 is 0. The molecule has 2 aliphatic rings. The van der Waals surface area contributed by atoms with Gasteiger partial charge in [-0.25, -0.2) is 4.98 Å². The molecule has 130 valence electrons. The van der Waals surface area contributed by atoms with E-state index in [9.17, 15) is 14.7 Å². The van der Waals surface area contributed by atoms with Crippen molar-refractivity contribution >= 4 is 29.4 Å². The summed E-state index contributed by atoms with van der Waals surface area (Å²) in [6, 6.07) is 1.05. The van der Waals surface area contributed by atoms with E-state index in [2.05, 4.69) is 10.3 Å². The van der Waals surface area contributed by atoms with Crippen LogP contribution in [0.4, 0.5) is 5.82 Å². The molecule has 2 atom stereocenters. The van der Waals surface area contributed by atoms with E-state index in [1.54, 1.807) is 13.1 Å². The Morgan fingerprint density at radius 3 is 2.67 bits per heavy atom. The van der Waals surface area contributed by atoms with E-state index in [-0.39, 0.29) is 12.0 Å². The summed E-state index contributed by atoms with van der Waals surface area (Å²) in [5.74, 6) is -0.131. The number of fused-ring (bicyclic) bond motifs is 1. The number of rotatable bonds is 3. The van der Waals surface area contributed by atoms with Gasteiger partial charge >= 0.3 is 0 Å². The zero-order valence-electron chi connectivity index (χ0n) is 13.4. The summed E-state index contributed by atoms with van der Waals surface area (Å²) in [5.41, 5.74) is 12.6. The van der Waals surface area contributed by atoms with E-state index in [0.717, 1.165) is 0 Å². The van der Waals surface area contributed by atoms with Crippen LogP contribution < -0.4 is 21.7 Å². The fourth-order valence-electron chi connectivity index (χ4n) is 3.09. The number of aliphatic hydroxyl groups excluding tert-OH is 1. The number of nitrogens with two attached hydrogens (primary N) is 2. The highest BCUT2D eigenvalue weighted by atomic mass is 32.2. The highest BCUT2D eigenvalue weighted by molar-refractivity contribution is 8.01. The first-order chi connectivity index (χ1) is 11.4. The Bertz CT molecular complexity index is 675. The Labute approximate surface area is 144 Å². The quantitative estimate of drug-likeness (QED) is 0.569. The minimum atomic E-state index is -0.653. The average Bonchev–Trinajstić information content (AvgIpc) is 2.91. The van der Waals surface area contributed by atoms with Gasteiger partial charge in [0.25, 0.3) is 5.91 Å². The Hall–Kier alpha value is -1.84. The van der Waals surface area contributed by atoms with Crippen molar-refractivity contribution < 1.29 is 14.7 Å². The van der Waals surface area contributed by atoms with E-state index in [4.69, 9.17) is 11.5 Å². The zero-order chi connectivity index (χ0) is 17.4. The maximum absolute atomic E-state index is 12.3. The van der Waals surface area contributed by atoms with Crippen LogP contribution in [0.15, 0.2) is 11.1 Å². The van der Waals surface area contributed by atoms with Gasteiger partial charge in [-0.2, -0.15) is 0 Å². The van der Waals surface area contributed by atoms with Gasteiger partial charge in [-0.15, -0.1) is 0 Å². The lowest BCUT2D eigenvalue weighted by Crippen LogP contribution is -2.37. The molecule has 9 heteroatoms. The van der Waals surface area contributed by atoms with Gasteiger partial charge in [0, 0.05) is 25.7 Å². The number of primary amides is 1. The zero-order valence-corrected chi connectivity index (χ0v) is 14.2. The van der Waals surface area contributed by atoms with Crippen LogP contribution in [0.1, 0.15) is 34.8 Å². The van der Waals surface area contributed by atoms with E-state index in [1.807, 2.05) is 4.90 Å². The molecular formula is C15H21N5O3S. The fraction of sp³-hybridized carbons (Fsp3) is 0.533. The maximum Gasteiger partial charge on any atom is 0.251 e. The number of hydrogen-bond acceptors (Lipinski definition) is 7. The molecular weight excluding hydrogens is 330 g/mol. The first-order valence-corrected chi connectivity index (χ1v) is 8.72. The molecule has 1 saturated heterocycles. The predicted octanol–water partition coefficient (Wildman–Crippen LogP) is -0.638. The van der Waals surface area contributed by atoms with Gasteiger partial charge in [0.05, 0.1) is 17.7 Å². The molecule has 0 saturated carbocycles. The molecule has 1 aromatic rings. The van der Waals surface area contributed by atoms with Crippen LogP contribution in [0.3, 0.4) is 0 Å². The first-order valence-electron chi connectivity index (χ1n) is 7.84. The monoisotopic (exact) mass is 351 g/mol. The second-order valence-corrected chi connectivity index (χ2v) is 7.14. The number of carbonyl (C=O) groups is 2. The van der Waals surface area contributed by atoms with E-state index in [0.29, 0.717) is 47.9 Å². The van der Waals surface area contributed by atoms with Crippen molar-refractivity contribution in [1.29, 1.82) is 0 Å². The van der Waals surface area contributed by atoms with Gasteiger partial charge in [0.2, 0.25) is 5.91 Å². The normalized spacial score (nSPS) is 23.9. The summed E-state index contributed by atoms with van der Waals surface area (Å²) in [6.07, 6.45) is 1.02. The Balaban J connectivity index is 2.02. The molecule has 1 fully saturated rings. The van der Waals surface area contributed by atoms with Crippen molar-refractivity contribution in [1.82, 2.24) is 10.3 Å². The first kappa shape index (κ1) is 17.0. The third-order valence-electron chi connectivity index (χ3n) is 4.45. The Kier molecular flexibility index (Phi) is 4.66. The predicted molar refractivity (Wildman–Crippen MR) is 90.8 cm³/mol. The van der Waals surface area contributed by atoms with Gasteiger partial charge in [-0.3, -0.25) is 9.59 Å². The number of anilines is 1. The minimum absolute atomic E-state index is 0.270. The number of aromatic nitrogens is 1. The van der Waals surface area contributed by atoms with Crippen molar-refractivity contribution in [3.8, 4) is 0 Å². The molecule has 8 nitrogen and oxygen atoms in total. The number of aliphatic hydroxyl groups is 1. The molecule has 2 amide bonds. The molecule has 3 heterocycles. The number of piperidine rings is 1. The third-order valence-corrected chi connectivity index (χ3v) is 5.76. The molecule has 0 aromatic carbocycles. The van der Waals surface area contributed by atoms with Gasteiger partial charge < -0.3 is 26.8 Å². The molecule has 0 spiro atoms. The molecule has 2 unspecified atom stereocenters. The largest absolute Gasteiger partial charge is 0.393 e. The highest BCUT2D eigenvalue weighted by Crippen LogP contribution is 2.44. The summed E-state index contributed by atoms with van der Waals surface area (Å²) >= 11 is 1.21. The molecule has 6 N–H and O–H groups in total. The van der Waals surface area contributed by atoms with Crippen molar-refractivity contribution in [2.24, 2.45) is 11.5 Å². The van der Waals surface area contributed by atoms with Crippen LogP contribution in [0.2, 0.25) is 0 Å². The third kappa shape index (κ3) is 2.94. The summed E-state index contributed by atoms with van der Waals surface area (Å²) in [7, 11) is 1.55. The molecule has 24 heavy (non-hydrogen) atoms. The number of nitrogens with zero attached hydrogens (tertiary/aromatic N) is 2. The van der Waals surface area contributed by atoms with E-state index < -0.39 is 17.2 Å². The van der Waals surface area contributed by atoms with Gasteiger partial charge in [-0.05, 0) is 18.9 Å². The lowest BCUT2D eigenvalue weighted by atomic mass is 9.99. The van der Waals surface area contributed by atoms with Crippen LogP contribution in [0, 0.1) is 0 Å². The maximum atomic E-state index is 12.3. The van der Waals surface area contributed by atoms with Crippen LogP contribution in [-0.4, -0.2) is 53.4 Å². The Morgan fingerprint density at radius 1 is 1.42 bits per heavy atom. The van der Waals surface area contributed by atoms with Gasteiger partial charge in [0.1, 0.15) is 16.1 Å². The molecule has 0 aliphatic carbocycles. The van der Waals surface area contributed by atoms with Crippen molar-refractivity contribution in [2.75, 3.05) is 25.0 Å². The molecule has 1 aromatic heterocycles. The number of hydrogen-bond donors (Lipinski definition) is 4. The number of pyridine rings is 1. The van der Waals surface area contributed by atoms with Crippen molar-refractivity contribution in [2.45, 2.75) is 35.3 Å². The summed E-state index contributed by atoms with van der Waals surface area (Å²) in [6.45, 7) is 1.33. The molecule has 3 rings (SSSR count). The summed E-state index contributed by atoms with van der Waals surface area (Å²) in [4.78, 5) is 30.5. The van der Waals surface area contributed by atoms with Gasteiger partial charge in [0.15, 0.2) is 0 Å². The fourth-order valence-corrected chi connectivity index (χ4v) is 4.25. The van der Waals surface area contributed by atoms with E-state index >= 15 is 0 Å². The molecule has 2 aliphatic heterocycles.